The molecule has 1 saturated carbocycles. The Kier molecular flexibility index (Phi) is 4.42. The predicted molar refractivity (Wildman–Crippen MR) is 82.0 cm³/mol. The maximum Gasteiger partial charge on any atom is 0.254 e. The van der Waals surface area contributed by atoms with Gasteiger partial charge in [0, 0.05) is 12.7 Å². The number of aromatic nitrogens is 2. The van der Waals surface area contributed by atoms with E-state index in [9.17, 15) is 9.90 Å². The number of aliphatic hydroxyl groups is 1. The summed E-state index contributed by atoms with van der Waals surface area (Å²) in [5.41, 5.74) is 0.161. The molecular weight excluding hydrogens is 266 g/mol. The highest BCUT2D eigenvalue weighted by Crippen LogP contribution is 2.43. The van der Waals surface area contributed by atoms with Crippen LogP contribution in [0.25, 0.3) is 0 Å². The van der Waals surface area contributed by atoms with Crippen LogP contribution in [0.4, 0.5) is 0 Å². The number of amides is 1. The van der Waals surface area contributed by atoms with Crippen molar-refractivity contribution in [3.8, 4) is 0 Å². The second-order valence-corrected chi connectivity index (χ2v) is 7.33. The second kappa shape index (κ2) is 5.79. The highest BCUT2D eigenvalue weighted by molar-refractivity contribution is 5.94. The molecule has 0 aromatic carbocycles. The average molecular weight is 293 g/mol. The van der Waals surface area contributed by atoms with E-state index < -0.39 is 5.54 Å². The van der Waals surface area contributed by atoms with Gasteiger partial charge in [0.15, 0.2) is 0 Å². The van der Waals surface area contributed by atoms with Gasteiger partial charge in [-0.05, 0) is 37.5 Å². The normalized spacial score (nSPS) is 28.3. The Morgan fingerprint density at radius 3 is 2.76 bits per heavy atom. The second-order valence-electron chi connectivity index (χ2n) is 7.33. The first-order valence-electron chi connectivity index (χ1n) is 7.75. The van der Waals surface area contributed by atoms with Crippen LogP contribution in [-0.2, 0) is 6.54 Å². The Balaban J connectivity index is 2.15. The van der Waals surface area contributed by atoms with Gasteiger partial charge in [-0.2, -0.15) is 5.10 Å². The highest BCUT2D eigenvalue weighted by atomic mass is 16.3. The lowest BCUT2D eigenvalue weighted by atomic mass is 9.64. The molecule has 2 atom stereocenters. The smallest absolute Gasteiger partial charge is 0.254 e. The fourth-order valence-corrected chi connectivity index (χ4v) is 3.96. The minimum Gasteiger partial charge on any atom is -0.394 e. The van der Waals surface area contributed by atoms with E-state index in [1.165, 1.54) is 0 Å². The van der Waals surface area contributed by atoms with Gasteiger partial charge in [-0.25, -0.2) is 0 Å². The fourth-order valence-electron chi connectivity index (χ4n) is 3.96. The molecule has 2 rings (SSSR count). The molecule has 2 N–H and O–H groups in total. The van der Waals surface area contributed by atoms with Crippen molar-refractivity contribution in [3.05, 3.63) is 18.0 Å². The van der Waals surface area contributed by atoms with Crippen LogP contribution in [0.1, 0.15) is 57.3 Å². The zero-order valence-corrected chi connectivity index (χ0v) is 13.5. The summed E-state index contributed by atoms with van der Waals surface area (Å²) >= 11 is 0. The SMILES string of the molecule is CCn1cc(C(=O)N[C@@]2(CO)C[C@H](C)CC(C)(C)C2)cn1. The van der Waals surface area contributed by atoms with Gasteiger partial charge >= 0.3 is 0 Å². The minimum atomic E-state index is -0.521. The quantitative estimate of drug-likeness (QED) is 0.894. The van der Waals surface area contributed by atoms with E-state index in [-0.39, 0.29) is 17.9 Å². The van der Waals surface area contributed by atoms with Crippen molar-refractivity contribution in [1.29, 1.82) is 0 Å². The first-order valence-corrected chi connectivity index (χ1v) is 7.75. The number of carbonyl (C=O) groups excluding carboxylic acids is 1. The van der Waals surface area contributed by atoms with Gasteiger partial charge in [0.25, 0.3) is 5.91 Å². The Bertz CT molecular complexity index is 509. The van der Waals surface area contributed by atoms with E-state index >= 15 is 0 Å². The summed E-state index contributed by atoms with van der Waals surface area (Å²) in [6.45, 7) is 9.29. The van der Waals surface area contributed by atoms with Crippen LogP contribution in [0, 0.1) is 11.3 Å². The molecule has 5 nitrogen and oxygen atoms in total. The lowest BCUT2D eigenvalue weighted by molar-refractivity contribution is 0.0334. The third-order valence-electron chi connectivity index (χ3n) is 4.36. The molecule has 0 bridgehead atoms. The van der Waals surface area contributed by atoms with Crippen molar-refractivity contribution in [2.24, 2.45) is 11.3 Å². The van der Waals surface area contributed by atoms with Crippen LogP contribution in [-0.4, -0.2) is 32.9 Å². The number of hydrogen-bond donors (Lipinski definition) is 2. The number of carbonyl (C=O) groups is 1. The monoisotopic (exact) mass is 293 g/mol. The van der Waals surface area contributed by atoms with Crippen LogP contribution in [0.3, 0.4) is 0 Å². The van der Waals surface area contributed by atoms with E-state index in [0.29, 0.717) is 11.5 Å². The molecule has 1 aromatic rings. The third-order valence-corrected chi connectivity index (χ3v) is 4.36. The third kappa shape index (κ3) is 3.64. The number of aryl methyl sites for hydroxylation is 1. The van der Waals surface area contributed by atoms with E-state index in [1.54, 1.807) is 17.1 Å². The summed E-state index contributed by atoms with van der Waals surface area (Å²) in [6, 6.07) is 0. The van der Waals surface area contributed by atoms with Gasteiger partial charge < -0.3 is 10.4 Å². The summed E-state index contributed by atoms with van der Waals surface area (Å²) in [5, 5.41) is 17.1. The lowest BCUT2D eigenvalue weighted by Gasteiger charge is -2.47. The lowest BCUT2D eigenvalue weighted by Crippen LogP contribution is -2.57. The molecule has 0 aliphatic heterocycles. The molecule has 1 aromatic heterocycles. The van der Waals surface area contributed by atoms with Crippen LogP contribution >= 0.6 is 0 Å². The highest BCUT2D eigenvalue weighted by Gasteiger charge is 2.43. The van der Waals surface area contributed by atoms with Crippen molar-refractivity contribution >= 4 is 5.91 Å². The van der Waals surface area contributed by atoms with Gasteiger partial charge in [-0.1, -0.05) is 20.8 Å². The van der Waals surface area contributed by atoms with Crippen molar-refractivity contribution in [2.75, 3.05) is 6.61 Å². The van der Waals surface area contributed by atoms with Gasteiger partial charge in [0.05, 0.1) is 23.9 Å². The number of hydrogen-bond acceptors (Lipinski definition) is 3. The Labute approximate surface area is 126 Å². The summed E-state index contributed by atoms with van der Waals surface area (Å²) in [5.74, 6) is 0.341. The Hall–Kier alpha value is -1.36. The van der Waals surface area contributed by atoms with E-state index in [1.807, 2.05) is 6.92 Å². The van der Waals surface area contributed by atoms with Crippen molar-refractivity contribution in [2.45, 2.75) is 59.0 Å². The van der Waals surface area contributed by atoms with Gasteiger partial charge in [0.2, 0.25) is 0 Å². The minimum absolute atomic E-state index is 0.0194. The molecule has 1 fully saturated rings. The Morgan fingerprint density at radius 2 is 2.24 bits per heavy atom. The topological polar surface area (TPSA) is 67.2 Å². The summed E-state index contributed by atoms with van der Waals surface area (Å²) in [6.07, 6.45) is 6.08. The number of rotatable bonds is 4. The molecule has 1 heterocycles. The molecule has 0 spiro atoms. The molecule has 0 unspecified atom stereocenters. The van der Waals surface area contributed by atoms with Crippen LogP contribution < -0.4 is 5.32 Å². The molecule has 1 aliphatic rings. The van der Waals surface area contributed by atoms with Crippen molar-refractivity contribution in [1.82, 2.24) is 15.1 Å². The van der Waals surface area contributed by atoms with Crippen molar-refractivity contribution in [3.63, 3.8) is 0 Å². The van der Waals surface area contributed by atoms with E-state index in [4.69, 9.17) is 0 Å². The number of nitrogens with zero attached hydrogens (tertiary/aromatic N) is 2. The largest absolute Gasteiger partial charge is 0.394 e. The molecule has 1 aliphatic carbocycles. The molecule has 0 radical (unpaired) electrons. The van der Waals surface area contributed by atoms with Crippen molar-refractivity contribution < 1.29 is 9.90 Å². The molecule has 21 heavy (non-hydrogen) atoms. The fraction of sp³-hybridized carbons (Fsp3) is 0.750. The maximum absolute atomic E-state index is 12.4. The van der Waals surface area contributed by atoms with Gasteiger partial charge in [-0.3, -0.25) is 9.48 Å². The van der Waals surface area contributed by atoms with Gasteiger partial charge in [0.1, 0.15) is 0 Å². The molecule has 1 amide bonds. The summed E-state index contributed by atoms with van der Waals surface area (Å²) < 4.78 is 1.73. The molecule has 5 heteroatoms. The van der Waals surface area contributed by atoms with Crippen LogP contribution in [0.15, 0.2) is 12.4 Å². The molecule has 0 saturated heterocycles. The molecular formula is C16H27N3O2. The summed E-state index contributed by atoms with van der Waals surface area (Å²) in [7, 11) is 0. The maximum atomic E-state index is 12.4. The Morgan fingerprint density at radius 1 is 1.52 bits per heavy atom. The number of aliphatic hydroxyl groups excluding tert-OH is 1. The van der Waals surface area contributed by atoms with Crippen LogP contribution in [0.2, 0.25) is 0 Å². The van der Waals surface area contributed by atoms with Gasteiger partial charge in [-0.15, -0.1) is 0 Å². The summed E-state index contributed by atoms with van der Waals surface area (Å²) in [4.78, 5) is 12.4. The standard InChI is InChI=1S/C16H27N3O2/c1-5-19-9-13(8-17-19)14(21)18-16(11-20)7-12(2)6-15(3,4)10-16/h8-9,12,20H,5-7,10-11H2,1-4H3,(H,18,21)/t12-,16+/m1/s1. The van der Waals surface area contributed by atoms with E-state index in [2.05, 4.69) is 31.2 Å². The zero-order valence-electron chi connectivity index (χ0n) is 13.5. The predicted octanol–water partition coefficient (Wildman–Crippen LogP) is 2.21. The first-order chi connectivity index (χ1) is 9.79. The first kappa shape index (κ1) is 16.0. The number of nitrogens with one attached hydrogen (secondary N) is 1. The average Bonchev–Trinajstić information content (AvgIpc) is 2.85. The van der Waals surface area contributed by atoms with Crippen LogP contribution in [0.5, 0.6) is 0 Å². The van der Waals surface area contributed by atoms with E-state index in [0.717, 1.165) is 25.8 Å². The molecule has 118 valence electrons. The zero-order chi connectivity index (χ0) is 15.7.